The second kappa shape index (κ2) is 4.84. The van der Waals surface area contributed by atoms with Gasteiger partial charge >= 0.3 is 5.97 Å². The maximum atomic E-state index is 13.8. The van der Waals surface area contributed by atoms with Crippen LogP contribution in [0.2, 0.25) is 0 Å². The first kappa shape index (κ1) is 12.0. The number of aliphatic carboxylic acids is 1. The highest BCUT2D eigenvalue weighted by atomic mass is 19.1. The minimum Gasteiger partial charge on any atom is -0.481 e. The van der Waals surface area contributed by atoms with E-state index in [2.05, 4.69) is 0 Å². The summed E-state index contributed by atoms with van der Waals surface area (Å²) in [7, 11) is 1.92. The average Bonchev–Trinajstić information content (AvgIpc) is 2.60. The Morgan fingerprint density at radius 3 is 2.88 bits per heavy atom. The molecule has 1 fully saturated rings. The fourth-order valence-corrected chi connectivity index (χ4v) is 2.67. The number of benzene rings is 1. The zero-order chi connectivity index (χ0) is 12.4. The molecule has 92 valence electrons. The van der Waals surface area contributed by atoms with Crippen LogP contribution in [0.15, 0.2) is 24.3 Å². The van der Waals surface area contributed by atoms with E-state index in [1.807, 2.05) is 11.9 Å². The molecule has 3 nitrogen and oxygen atoms in total. The van der Waals surface area contributed by atoms with E-state index in [0.29, 0.717) is 5.56 Å². The van der Waals surface area contributed by atoms with Crippen molar-refractivity contribution in [2.75, 3.05) is 13.6 Å². The summed E-state index contributed by atoms with van der Waals surface area (Å²) in [5.41, 5.74) is 0.610. The van der Waals surface area contributed by atoms with E-state index in [0.717, 1.165) is 13.0 Å². The van der Waals surface area contributed by atoms with E-state index < -0.39 is 5.97 Å². The van der Waals surface area contributed by atoms with Gasteiger partial charge in [-0.2, -0.15) is 0 Å². The summed E-state index contributed by atoms with van der Waals surface area (Å²) >= 11 is 0. The molecule has 4 heteroatoms. The second-order valence-corrected chi connectivity index (χ2v) is 4.59. The van der Waals surface area contributed by atoms with Crippen LogP contribution in [0.3, 0.4) is 0 Å². The zero-order valence-electron chi connectivity index (χ0n) is 9.77. The van der Waals surface area contributed by atoms with Crippen molar-refractivity contribution in [3.8, 4) is 0 Å². The molecule has 1 aliphatic heterocycles. The Morgan fingerprint density at radius 1 is 1.53 bits per heavy atom. The predicted octanol–water partition coefficient (Wildman–Crippen LogP) is 2.29. The van der Waals surface area contributed by atoms with Gasteiger partial charge in [-0.25, -0.2) is 4.39 Å². The third-order valence-electron chi connectivity index (χ3n) is 3.43. The molecule has 0 radical (unpaired) electrons. The summed E-state index contributed by atoms with van der Waals surface area (Å²) in [6, 6.07) is 6.51. The number of carboxylic acids is 1. The van der Waals surface area contributed by atoms with Gasteiger partial charge in [0, 0.05) is 11.6 Å². The number of hydrogen-bond acceptors (Lipinski definition) is 2. The van der Waals surface area contributed by atoms with Gasteiger partial charge in [0.05, 0.1) is 6.42 Å². The molecule has 2 rings (SSSR count). The standard InChI is InChI=1S/C13H16FNO2/c1-15-7-6-9(8-12(16)17)13(15)10-4-2-3-5-11(10)14/h2-5,9,13H,6-8H2,1H3,(H,16,17). The minimum atomic E-state index is -0.813. The predicted molar refractivity (Wildman–Crippen MR) is 62.1 cm³/mol. The van der Waals surface area contributed by atoms with Gasteiger partial charge < -0.3 is 5.11 Å². The van der Waals surface area contributed by atoms with Gasteiger partial charge in [-0.15, -0.1) is 0 Å². The molecule has 0 aliphatic carbocycles. The zero-order valence-corrected chi connectivity index (χ0v) is 9.77. The first-order chi connectivity index (χ1) is 8.09. The fourth-order valence-electron chi connectivity index (χ4n) is 2.67. The molecule has 1 aromatic carbocycles. The third kappa shape index (κ3) is 2.47. The van der Waals surface area contributed by atoms with Crippen LogP contribution in [0.5, 0.6) is 0 Å². The summed E-state index contributed by atoms with van der Waals surface area (Å²) in [5.74, 6) is -1.07. The van der Waals surface area contributed by atoms with Crippen molar-refractivity contribution in [2.45, 2.75) is 18.9 Å². The summed E-state index contributed by atoms with van der Waals surface area (Å²) < 4.78 is 13.8. The van der Waals surface area contributed by atoms with E-state index in [1.165, 1.54) is 6.07 Å². The lowest BCUT2D eigenvalue weighted by Gasteiger charge is -2.25. The van der Waals surface area contributed by atoms with Crippen molar-refractivity contribution in [2.24, 2.45) is 5.92 Å². The van der Waals surface area contributed by atoms with E-state index in [4.69, 9.17) is 5.11 Å². The van der Waals surface area contributed by atoms with Gasteiger partial charge in [-0.3, -0.25) is 9.69 Å². The van der Waals surface area contributed by atoms with E-state index in [1.54, 1.807) is 18.2 Å². The van der Waals surface area contributed by atoms with E-state index >= 15 is 0 Å². The Kier molecular flexibility index (Phi) is 3.43. The smallest absolute Gasteiger partial charge is 0.303 e. The van der Waals surface area contributed by atoms with Crippen LogP contribution in [-0.4, -0.2) is 29.6 Å². The van der Waals surface area contributed by atoms with E-state index in [-0.39, 0.29) is 24.2 Å². The molecule has 0 spiro atoms. The van der Waals surface area contributed by atoms with Crippen LogP contribution in [0.4, 0.5) is 4.39 Å². The Balaban J connectivity index is 2.27. The molecular formula is C13H16FNO2. The molecule has 1 N–H and O–H groups in total. The van der Waals surface area contributed by atoms with E-state index in [9.17, 15) is 9.18 Å². The number of halogens is 1. The summed E-state index contributed by atoms with van der Waals surface area (Å²) in [5, 5.41) is 8.88. The van der Waals surface area contributed by atoms with Gasteiger partial charge in [-0.05, 0) is 32.0 Å². The molecule has 0 amide bonds. The summed E-state index contributed by atoms with van der Waals surface area (Å²) in [6.45, 7) is 0.816. The summed E-state index contributed by atoms with van der Waals surface area (Å²) in [4.78, 5) is 12.8. The van der Waals surface area contributed by atoms with Gasteiger partial charge in [-0.1, -0.05) is 18.2 Å². The van der Waals surface area contributed by atoms with Gasteiger partial charge in [0.1, 0.15) is 5.82 Å². The lowest BCUT2D eigenvalue weighted by Crippen LogP contribution is -2.23. The molecule has 0 saturated carbocycles. The molecule has 0 aromatic heterocycles. The number of hydrogen-bond donors (Lipinski definition) is 1. The molecule has 1 heterocycles. The molecule has 1 aromatic rings. The number of rotatable bonds is 3. The van der Waals surface area contributed by atoms with Gasteiger partial charge in [0.2, 0.25) is 0 Å². The SMILES string of the molecule is CN1CCC(CC(=O)O)C1c1ccccc1F. The first-order valence-corrected chi connectivity index (χ1v) is 5.76. The van der Waals surface area contributed by atoms with Crippen LogP contribution in [0, 0.1) is 11.7 Å². The highest BCUT2D eigenvalue weighted by molar-refractivity contribution is 5.67. The number of carboxylic acid groups (broad SMARTS) is 1. The Morgan fingerprint density at radius 2 is 2.24 bits per heavy atom. The lowest BCUT2D eigenvalue weighted by atomic mass is 9.91. The quantitative estimate of drug-likeness (QED) is 0.876. The first-order valence-electron chi connectivity index (χ1n) is 5.76. The molecule has 1 saturated heterocycles. The highest BCUT2D eigenvalue weighted by Crippen LogP contribution is 2.38. The van der Waals surface area contributed by atoms with Crippen molar-refractivity contribution in [1.82, 2.24) is 4.90 Å². The monoisotopic (exact) mass is 237 g/mol. The normalized spacial score (nSPS) is 25.1. The van der Waals surface area contributed by atoms with Crippen LogP contribution in [-0.2, 0) is 4.79 Å². The molecular weight excluding hydrogens is 221 g/mol. The van der Waals surface area contributed by atoms with Crippen molar-refractivity contribution < 1.29 is 14.3 Å². The van der Waals surface area contributed by atoms with Crippen LogP contribution < -0.4 is 0 Å². The number of nitrogens with zero attached hydrogens (tertiary/aromatic N) is 1. The summed E-state index contributed by atoms with van der Waals surface area (Å²) in [6.07, 6.45) is 0.908. The fraction of sp³-hybridized carbons (Fsp3) is 0.462. The number of likely N-dealkylation sites (tertiary alicyclic amines) is 1. The average molecular weight is 237 g/mol. The molecule has 17 heavy (non-hydrogen) atoms. The molecule has 1 aliphatic rings. The molecule has 2 unspecified atom stereocenters. The molecule has 2 atom stereocenters. The Hall–Kier alpha value is -1.42. The topological polar surface area (TPSA) is 40.5 Å². The largest absolute Gasteiger partial charge is 0.481 e. The van der Waals surface area contributed by atoms with Crippen LogP contribution >= 0.6 is 0 Å². The van der Waals surface area contributed by atoms with Crippen molar-refractivity contribution in [3.63, 3.8) is 0 Å². The highest BCUT2D eigenvalue weighted by Gasteiger charge is 2.35. The second-order valence-electron chi connectivity index (χ2n) is 4.59. The maximum Gasteiger partial charge on any atom is 0.303 e. The number of carbonyl (C=O) groups is 1. The molecule has 0 bridgehead atoms. The van der Waals surface area contributed by atoms with Crippen molar-refractivity contribution in [1.29, 1.82) is 0 Å². The van der Waals surface area contributed by atoms with Crippen LogP contribution in [0.25, 0.3) is 0 Å². The lowest BCUT2D eigenvalue weighted by molar-refractivity contribution is -0.138. The Labute approximate surface area is 99.9 Å². The van der Waals surface area contributed by atoms with Crippen molar-refractivity contribution in [3.05, 3.63) is 35.6 Å². The van der Waals surface area contributed by atoms with Crippen molar-refractivity contribution >= 4 is 5.97 Å². The minimum absolute atomic E-state index is 0.00519. The van der Waals surface area contributed by atoms with Gasteiger partial charge in [0.15, 0.2) is 0 Å². The van der Waals surface area contributed by atoms with Crippen LogP contribution in [0.1, 0.15) is 24.4 Å². The Bertz CT molecular complexity index is 422. The third-order valence-corrected chi connectivity index (χ3v) is 3.43. The van der Waals surface area contributed by atoms with Gasteiger partial charge in [0.25, 0.3) is 0 Å². The maximum absolute atomic E-state index is 13.8.